The summed E-state index contributed by atoms with van der Waals surface area (Å²) in [6.07, 6.45) is 0. The Morgan fingerprint density at radius 1 is 1.22 bits per heavy atom. The van der Waals surface area contributed by atoms with Crippen LogP contribution in [0.3, 0.4) is 0 Å². The van der Waals surface area contributed by atoms with Crippen molar-refractivity contribution in [2.75, 3.05) is 20.1 Å². The van der Waals surface area contributed by atoms with Crippen molar-refractivity contribution in [3.63, 3.8) is 0 Å². The summed E-state index contributed by atoms with van der Waals surface area (Å²) in [5.41, 5.74) is 0. The standard InChI is InChI=1S/C13H18N2O6S2/c1-9-7-15(8-12(9)13(16)17)23(20,21)11-5-3-4-10(6-11)22(18,19)14-2/h3-6,9,12,14H,7-8H2,1-2H3,(H,16,17)/t9-,12-/m1/s1. The number of nitrogens with zero attached hydrogens (tertiary/aromatic N) is 1. The molecule has 0 aliphatic carbocycles. The molecule has 2 N–H and O–H groups in total. The van der Waals surface area contributed by atoms with Gasteiger partial charge in [-0.15, -0.1) is 0 Å². The van der Waals surface area contributed by atoms with E-state index < -0.39 is 31.9 Å². The van der Waals surface area contributed by atoms with E-state index in [1.165, 1.54) is 25.2 Å². The van der Waals surface area contributed by atoms with Gasteiger partial charge >= 0.3 is 5.97 Å². The van der Waals surface area contributed by atoms with Gasteiger partial charge in [0.25, 0.3) is 0 Å². The minimum absolute atomic E-state index is 0.0856. The van der Waals surface area contributed by atoms with Crippen molar-refractivity contribution in [3.05, 3.63) is 24.3 Å². The van der Waals surface area contributed by atoms with Gasteiger partial charge in [-0.1, -0.05) is 13.0 Å². The second-order valence-corrected chi connectivity index (χ2v) is 9.25. The highest BCUT2D eigenvalue weighted by molar-refractivity contribution is 7.90. The third-order valence-electron chi connectivity index (χ3n) is 3.92. The van der Waals surface area contributed by atoms with E-state index in [2.05, 4.69) is 4.72 Å². The van der Waals surface area contributed by atoms with Crippen molar-refractivity contribution >= 4 is 26.0 Å². The van der Waals surface area contributed by atoms with Crippen molar-refractivity contribution < 1.29 is 26.7 Å². The average molecular weight is 362 g/mol. The molecule has 23 heavy (non-hydrogen) atoms. The van der Waals surface area contributed by atoms with Crippen LogP contribution in [0, 0.1) is 11.8 Å². The van der Waals surface area contributed by atoms with E-state index in [-0.39, 0.29) is 28.8 Å². The molecule has 1 aromatic carbocycles. The van der Waals surface area contributed by atoms with Crippen LogP contribution in [0.25, 0.3) is 0 Å². The molecule has 2 atom stereocenters. The van der Waals surface area contributed by atoms with Crippen molar-refractivity contribution in [1.82, 2.24) is 9.03 Å². The summed E-state index contributed by atoms with van der Waals surface area (Å²) in [6, 6.07) is 4.99. The van der Waals surface area contributed by atoms with Gasteiger partial charge in [0.1, 0.15) is 0 Å². The van der Waals surface area contributed by atoms with Crippen molar-refractivity contribution in [1.29, 1.82) is 0 Å². The molecule has 0 radical (unpaired) electrons. The summed E-state index contributed by atoms with van der Waals surface area (Å²) in [6.45, 7) is 1.64. The van der Waals surface area contributed by atoms with Crippen LogP contribution in [0.15, 0.2) is 34.1 Å². The molecule has 1 heterocycles. The smallest absolute Gasteiger partial charge is 0.308 e. The number of aliphatic carboxylic acids is 1. The zero-order chi connectivity index (χ0) is 17.4. The lowest BCUT2D eigenvalue weighted by molar-refractivity contribution is -0.142. The molecule has 0 unspecified atom stereocenters. The number of hydrogen-bond acceptors (Lipinski definition) is 5. The monoisotopic (exact) mass is 362 g/mol. The first-order valence-electron chi connectivity index (χ1n) is 6.86. The molecule has 128 valence electrons. The van der Waals surface area contributed by atoms with Crippen molar-refractivity contribution in [2.24, 2.45) is 11.8 Å². The molecule has 1 aromatic rings. The first-order valence-corrected chi connectivity index (χ1v) is 9.78. The van der Waals surface area contributed by atoms with E-state index in [9.17, 15) is 21.6 Å². The maximum atomic E-state index is 12.6. The van der Waals surface area contributed by atoms with Crippen molar-refractivity contribution in [2.45, 2.75) is 16.7 Å². The Hall–Kier alpha value is -1.49. The third-order valence-corrected chi connectivity index (χ3v) is 7.16. The molecule has 0 saturated carbocycles. The van der Waals surface area contributed by atoms with E-state index >= 15 is 0 Å². The van der Waals surface area contributed by atoms with Gasteiger partial charge in [-0.2, -0.15) is 4.31 Å². The normalized spacial score (nSPS) is 23.0. The summed E-state index contributed by atoms with van der Waals surface area (Å²) in [4.78, 5) is 10.8. The van der Waals surface area contributed by atoms with Gasteiger partial charge in [0.2, 0.25) is 20.0 Å². The van der Waals surface area contributed by atoms with Crippen LogP contribution in [-0.4, -0.2) is 52.4 Å². The molecule has 2 rings (SSSR count). The van der Waals surface area contributed by atoms with Gasteiger partial charge in [-0.3, -0.25) is 4.79 Å². The Kier molecular flexibility index (Phi) is 4.81. The average Bonchev–Trinajstić information content (AvgIpc) is 2.90. The minimum Gasteiger partial charge on any atom is -0.481 e. The highest BCUT2D eigenvalue weighted by Gasteiger charge is 2.40. The van der Waals surface area contributed by atoms with Crippen LogP contribution in [0.5, 0.6) is 0 Å². The lowest BCUT2D eigenvalue weighted by Crippen LogP contribution is -2.30. The van der Waals surface area contributed by atoms with Crippen LogP contribution < -0.4 is 4.72 Å². The molecule has 0 aromatic heterocycles. The third kappa shape index (κ3) is 3.39. The number of nitrogens with one attached hydrogen (secondary N) is 1. The molecule has 1 aliphatic heterocycles. The Morgan fingerprint density at radius 2 is 1.83 bits per heavy atom. The second kappa shape index (κ2) is 6.19. The number of rotatable bonds is 5. The van der Waals surface area contributed by atoms with E-state index in [0.29, 0.717) is 0 Å². The number of carbonyl (C=O) groups is 1. The van der Waals surface area contributed by atoms with E-state index in [4.69, 9.17) is 5.11 Å². The van der Waals surface area contributed by atoms with Crippen LogP contribution in [0.2, 0.25) is 0 Å². The molecule has 1 aliphatic rings. The summed E-state index contributed by atoms with van der Waals surface area (Å²) in [7, 11) is -6.49. The van der Waals surface area contributed by atoms with Gasteiger partial charge < -0.3 is 5.11 Å². The van der Waals surface area contributed by atoms with Crippen LogP contribution in [0.4, 0.5) is 0 Å². The summed E-state index contributed by atoms with van der Waals surface area (Å²) in [5.74, 6) is -2.12. The highest BCUT2D eigenvalue weighted by Crippen LogP contribution is 2.29. The fraction of sp³-hybridized carbons (Fsp3) is 0.462. The first kappa shape index (κ1) is 17.9. The Bertz CT molecular complexity index is 819. The number of sulfonamides is 2. The molecule has 1 saturated heterocycles. The zero-order valence-corrected chi connectivity index (χ0v) is 14.3. The van der Waals surface area contributed by atoms with Gasteiger partial charge in [0.05, 0.1) is 15.7 Å². The van der Waals surface area contributed by atoms with Gasteiger partial charge in [-0.05, 0) is 31.2 Å². The fourth-order valence-electron chi connectivity index (χ4n) is 2.51. The van der Waals surface area contributed by atoms with E-state index in [1.54, 1.807) is 6.92 Å². The maximum Gasteiger partial charge on any atom is 0.308 e. The second-order valence-electron chi connectivity index (χ2n) is 5.43. The lowest BCUT2D eigenvalue weighted by atomic mass is 9.99. The van der Waals surface area contributed by atoms with Gasteiger partial charge in [0, 0.05) is 13.1 Å². The predicted molar refractivity (Wildman–Crippen MR) is 81.7 cm³/mol. The van der Waals surface area contributed by atoms with Gasteiger partial charge in [0.15, 0.2) is 0 Å². The number of hydrogen-bond donors (Lipinski definition) is 2. The number of carboxylic acids is 1. The Morgan fingerprint density at radius 3 is 2.35 bits per heavy atom. The van der Waals surface area contributed by atoms with E-state index in [1.807, 2.05) is 0 Å². The molecule has 1 fully saturated rings. The van der Waals surface area contributed by atoms with Crippen LogP contribution in [-0.2, 0) is 24.8 Å². The zero-order valence-electron chi connectivity index (χ0n) is 12.6. The van der Waals surface area contributed by atoms with Gasteiger partial charge in [-0.25, -0.2) is 21.6 Å². The fourth-order valence-corrected chi connectivity index (χ4v) is 4.97. The molecule has 0 bridgehead atoms. The topological polar surface area (TPSA) is 121 Å². The Balaban J connectivity index is 2.38. The molecule has 0 spiro atoms. The number of carboxylic acid groups (broad SMARTS) is 1. The van der Waals surface area contributed by atoms with Crippen LogP contribution in [0.1, 0.15) is 6.92 Å². The minimum atomic E-state index is -3.95. The van der Waals surface area contributed by atoms with Crippen molar-refractivity contribution in [3.8, 4) is 0 Å². The number of benzene rings is 1. The maximum absolute atomic E-state index is 12.6. The quantitative estimate of drug-likeness (QED) is 0.757. The molecule has 0 amide bonds. The predicted octanol–water partition coefficient (Wildman–Crippen LogP) is -0.0641. The summed E-state index contributed by atoms with van der Waals surface area (Å²) in [5, 5.41) is 9.11. The van der Waals surface area contributed by atoms with Crippen LogP contribution >= 0.6 is 0 Å². The lowest BCUT2D eigenvalue weighted by Gasteiger charge is -2.16. The Labute approximate surface area is 135 Å². The largest absolute Gasteiger partial charge is 0.481 e. The first-order chi connectivity index (χ1) is 10.6. The van der Waals surface area contributed by atoms with E-state index in [0.717, 1.165) is 10.4 Å². The highest BCUT2D eigenvalue weighted by atomic mass is 32.2. The molecule has 8 nitrogen and oxygen atoms in total. The molecular formula is C13H18N2O6S2. The summed E-state index contributed by atoms with van der Waals surface area (Å²) < 4.78 is 52.1. The molecule has 10 heteroatoms. The molecular weight excluding hydrogens is 344 g/mol. The SMILES string of the molecule is CNS(=O)(=O)c1cccc(S(=O)(=O)N2C[C@@H](C)[C@H](C(=O)O)C2)c1. The summed E-state index contributed by atoms with van der Waals surface area (Å²) >= 11 is 0.